The van der Waals surface area contributed by atoms with Crippen molar-refractivity contribution in [2.75, 3.05) is 11.1 Å². The van der Waals surface area contributed by atoms with Crippen LogP contribution in [0, 0.1) is 6.92 Å². The Labute approximate surface area is 160 Å². The minimum absolute atomic E-state index is 0.0687. The monoisotopic (exact) mass is 385 g/mol. The molecule has 1 aromatic heterocycles. The number of aromatic hydroxyl groups is 1. The number of nitrogens with one attached hydrogen (secondary N) is 1. The van der Waals surface area contributed by atoms with Crippen LogP contribution < -0.4 is 5.32 Å². The summed E-state index contributed by atoms with van der Waals surface area (Å²) in [4.78, 5) is 12.3. The summed E-state index contributed by atoms with van der Waals surface area (Å²) in [7, 11) is 0. The van der Waals surface area contributed by atoms with E-state index in [2.05, 4.69) is 10.4 Å². The normalized spacial score (nSPS) is 16.7. The second kappa shape index (κ2) is 6.70. The van der Waals surface area contributed by atoms with Crippen LogP contribution in [0.2, 0.25) is 5.02 Å². The average Bonchev–Trinajstić information content (AvgIpc) is 2.82. The zero-order valence-electron chi connectivity index (χ0n) is 13.9. The van der Waals surface area contributed by atoms with Crippen LogP contribution in [0.15, 0.2) is 48.5 Å². The van der Waals surface area contributed by atoms with Crippen LogP contribution in [0.1, 0.15) is 22.1 Å². The molecule has 0 unspecified atom stereocenters. The van der Waals surface area contributed by atoms with Crippen LogP contribution in [-0.2, 0) is 4.79 Å². The average molecular weight is 386 g/mol. The molecule has 1 atom stereocenters. The number of thioether (sulfide) groups is 1. The molecule has 2 aromatic carbocycles. The number of hydrogen-bond acceptors (Lipinski definition) is 4. The van der Waals surface area contributed by atoms with Crippen molar-refractivity contribution >= 4 is 35.1 Å². The maximum atomic E-state index is 12.3. The fraction of sp³-hybridized carbons (Fsp3) is 0.158. The molecule has 1 aliphatic heterocycles. The van der Waals surface area contributed by atoms with Gasteiger partial charge >= 0.3 is 0 Å². The SMILES string of the molecule is Cc1nn(-c2ccccc2Cl)c2c1[C@@H](c1ccc(O)cc1)SCC(=O)N2. The van der Waals surface area contributed by atoms with Gasteiger partial charge in [-0.2, -0.15) is 5.10 Å². The van der Waals surface area contributed by atoms with Crippen LogP contribution >= 0.6 is 23.4 Å². The first-order valence-electron chi connectivity index (χ1n) is 8.09. The third-order valence-electron chi connectivity index (χ3n) is 4.28. The van der Waals surface area contributed by atoms with E-state index in [1.54, 1.807) is 34.6 Å². The molecule has 2 heterocycles. The summed E-state index contributed by atoms with van der Waals surface area (Å²) in [5.41, 5.74) is 3.50. The molecular formula is C19H16ClN3O2S. The van der Waals surface area contributed by atoms with Crippen molar-refractivity contribution in [3.8, 4) is 11.4 Å². The van der Waals surface area contributed by atoms with E-state index in [1.165, 1.54) is 0 Å². The number of phenols is 1. The molecular weight excluding hydrogens is 370 g/mol. The summed E-state index contributed by atoms with van der Waals surface area (Å²) in [6.45, 7) is 1.93. The standard InChI is InChI=1S/C19H16ClN3O2S/c1-11-17-18(12-6-8-13(24)9-7-12)26-10-16(25)21-19(17)23(22-11)15-5-3-2-4-14(15)20/h2-9,18,24H,10H2,1H3,(H,21,25)/t18-/m1/s1. The van der Waals surface area contributed by atoms with Crippen LogP contribution in [0.4, 0.5) is 5.82 Å². The van der Waals surface area contributed by atoms with Crippen LogP contribution in [-0.4, -0.2) is 26.5 Å². The van der Waals surface area contributed by atoms with Gasteiger partial charge < -0.3 is 10.4 Å². The predicted octanol–water partition coefficient (Wildman–Crippen LogP) is 4.31. The molecule has 0 saturated heterocycles. The molecule has 0 spiro atoms. The lowest BCUT2D eigenvalue weighted by Crippen LogP contribution is -2.16. The number of hydrogen-bond donors (Lipinski definition) is 2. The van der Waals surface area contributed by atoms with Gasteiger partial charge in [-0.15, -0.1) is 11.8 Å². The lowest BCUT2D eigenvalue weighted by Gasteiger charge is -2.15. The molecule has 1 aliphatic rings. The molecule has 0 bridgehead atoms. The van der Waals surface area contributed by atoms with Gasteiger partial charge in [-0.1, -0.05) is 35.9 Å². The highest BCUT2D eigenvalue weighted by molar-refractivity contribution is 8.00. The summed E-state index contributed by atoms with van der Waals surface area (Å²) in [5, 5.41) is 17.7. The van der Waals surface area contributed by atoms with Crippen molar-refractivity contribution < 1.29 is 9.90 Å². The number of benzene rings is 2. The molecule has 0 saturated carbocycles. The predicted molar refractivity (Wildman–Crippen MR) is 104 cm³/mol. The molecule has 7 heteroatoms. The van der Waals surface area contributed by atoms with Gasteiger partial charge in [0.05, 0.1) is 27.4 Å². The lowest BCUT2D eigenvalue weighted by atomic mass is 10.0. The molecule has 0 fully saturated rings. The van der Waals surface area contributed by atoms with E-state index in [4.69, 9.17) is 11.6 Å². The van der Waals surface area contributed by atoms with Crippen molar-refractivity contribution in [1.82, 2.24) is 9.78 Å². The Kier molecular flexibility index (Phi) is 4.38. The Balaban J connectivity index is 1.91. The van der Waals surface area contributed by atoms with Crippen molar-refractivity contribution in [2.24, 2.45) is 0 Å². The molecule has 1 amide bonds. The summed E-state index contributed by atoms with van der Waals surface area (Å²) >= 11 is 7.89. The van der Waals surface area contributed by atoms with Gasteiger partial charge in [0.15, 0.2) is 0 Å². The largest absolute Gasteiger partial charge is 0.508 e. The highest BCUT2D eigenvalue weighted by Crippen LogP contribution is 2.44. The Morgan fingerprint density at radius 3 is 2.69 bits per heavy atom. The molecule has 0 aliphatic carbocycles. The second-order valence-corrected chi connectivity index (χ2v) is 7.54. The number of nitrogens with zero attached hydrogens (tertiary/aromatic N) is 2. The first-order valence-corrected chi connectivity index (χ1v) is 9.52. The van der Waals surface area contributed by atoms with Crippen molar-refractivity contribution in [1.29, 1.82) is 0 Å². The maximum absolute atomic E-state index is 12.3. The molecule has 132 valence electrons. The summed E-state index contributed by atoms with van der Waals surface area (Å²) in [6.07, 6.45) is 0. The molecule has 26 heavy (non-hydrogen) atoms. The van der Waals surface area contributed by atoms with Crippen LogP contribution in [0.25, 0.3) is 5.69 Å². The van der Waals surface area contributed by atoms with Crippen molar-refractivity contribution in [2.45, 2.75) is 12.2 Å². The summed E-state index contributed by atoms with van der Waals surface area (Å²) in [5.74, 6) is 1.11. The molecule has 4 rings (SSSR count). The summed E-state index contributed by atoms with van der Waals surface area (Å²) < 4.78 is 1.70. The number of aromatic nitrogens is 2. The Morgan fingerprint density at radius 2 is 1.96 bits per heavy atom. The van der Waals surface area contributed by atoms with Gasteiger partial charge in [-0.25, -0.2) is 4.68 Å². The number of fused-ring (bicyclic) bond motifs is 1. The fourth-order valence-electron chi connectivity index (χ4n) is 3.09. The van der Waals surface area contributed by atoms with Crippen molar-refractivity contribution in [3.63, 3.8) is 0 Å². The summed E-state index contributed by atoms with van der Waals surface area (Å²) in [6, 6.07) is 14.5. The Hall–Kier alpha value is -2.44. The van der Waals surface area contributed by atoms with Gasteiger partial charge in [0, 0.05) is 5.56 Å². The lowest BCUT2D eigenvalue weighted by molar-refractivity contribution is -0.113. The maximum Gasteiger partial charge on any atom is 0.235 e. The molecule has 2 N–H and O–H groups in total. The molecule has 0 radical (unpaired) electrons. The first kappa shape index (κ1) is 17.0. The van der Waals surface area contributed by atoms with E-state index in [1.807, 2.05) is 37.3 Å². The number of para-hydroxylation sites is 1. The number of amides is 1. The minimum atomic E-state index is -0.0780. The number of carbonyl (C=O) groups excluding carboxylic acids is 1. The highest BCUT2D eigenvalue weighted by atomic mass is 35.5. The zero-order chi connectivity index (χ0) is 18.3. The van der Waals surface area contributed by atoms with E-state index < -0.39 is 0 Å². The smallest absolute Gasteiger partial charge is 0.235 e. The third kappa shape index (κ3) is 2.95. The highest BCUT2D eigenvalue weighted by Gasteiger charge is 2.30. The van der Waals surface area contributed by atoms with Crippen LogP contribution in [0.3, 0.4) is 0 Å². The van der Waals surface area contributed by atoms with E-state index in [0.29, 0.717) is 16.6 Å². The zero-order valence-corrected chi connectivity index (χ0v) is 15.5. The van der Waals surface area contributed by atoms with E-state index in [-0.39, 0.29) is 16.9 Å². The number of anilines is 1. The minimum Gasteiger partial charge on any atom is -0.508 e. The number of carbonyl (C=O) groups is 1. The van der Waals surface area contributed by atoms with E-state index in [9.17, 15) is 9.90 Å². The number of aryl methyl sites for hydroxylation is 1. The van der Waals surface area contributed by atoms with Gasteiger partial charge in [0.25, 0.3) is 0 Å². The van der Waals surface area contributed by atoms with Crippen molar-refractivity contribution in [3.05, 3.63) is 70.4 Å². The Morgan fingerprint density at radius 1 is 1.23 bits per heavy atom. The van der Waals surface area contributed by atoms with E-state index >= 15 is 0 Å². The number of halogens is 1. The molecule has 3 aromatic rings. The topological polar surface area (TPSA) is 67.1 Å². The van der Waals surface area contributed by atoms with Gasteiger partial charge in [-0.3, -0.25) is 4.79 Å². The van der Waals surface area contributed by atoms with Gasteiger partial charge in [0.1, 0.15) is 11.6 Å². The van der Waals surface area contributed by atoms with Gasteiger partial charge in [-0.05, 0) is 36.8 Å². The molecule has 5 nitrogen and oxygen atoms in total. The van der Waals surface area contributed by atoms with E-state index in [0.717, 1.165) is 22.5 Å². The van der Waals surface area contributed by atoms with Crippen LogP contribution in [0.5, 0.6) is 5.75 Å². The quantitative estimate of drug-likeness (QED) is 0.689. The Bertz CT molecular complexity index is 985. The number of phenolic OH excluding ortho intramolecular Hbond substituents is 1. The first-order chi connectivity index (χ1) is 12.5. The fourth-order valence-corrected chi connectivity index (χ4v) is 4.50. The second-order valence-electron chi connectivity index (χ2n) is 6.04. The third-order valence-corrected chi connectivity index (χ3v) is 5.87. The number of rotatable bonds is 2. The van der Waals surface area contributed by atoms with Gasteiger partial charge in [0.2, 0.25) is 5.91 Å².